The number of rotatable bonds is 4. The highest BCUT2D eigenvalue weighted by Gasteiger charge is 2.15. The third kappa shape index (κ3) is 3.36. The molecule has 0 aliphatic carbocycles. The fraction of sp³-hybridized carbons (Fsp3) is 0.0588. The second-order valence-corrected chi connectivity index (χ2v) is 6.88. The standard InChI is InChI=1S/C17H15N3O3S/c1-12(21)19-17-10-15-13(11-18-17)6-5-9-16(15)20-24(22,23)14-7-3-2-4-8-14/h2-11,20H,1H3,(H,18,19,21). The minimum absolute atomic E-state index is 0.179. The van der Waals surface area contributed by atoms with Gasteiger partial charge in [-0.15, -0.1) is 0 Å². The molecule has 1 heterocycles. The maximum absolute atomic E-state index is 12.5. The van der Waals surface area contributed by atoms with Crippen molar-refractivity contribution in [1.29, 1.82) is 0 Å². The van der Waals surface area contributed by atoms with Gasteiger partial charge in [-0.2, -0.15) is 0 Å². The Kier molecular flexibility index (Phi) is 4.18. The first-order valence-corrected chi connectivity index (χ1v) is 8.68. The third-order valence-corrected chi connectivity index (χ3v) is 4.75. The van der Waals surface area contributed by atoms with Crippen LogP contribution in [0.15, 0.2) is 65.7 Å². The van der Waals surface area contributed by atoms with Gasteiger partial charge in [0.25, 0.3) is 10.0 Å². The summed E-state index contributed by atoms with van der Waals surface area (Å²) in [6.45, 7) is 1.38. The van der Waals surface area contributed by atoms with Gasteiger partial charge in [0, 0.05) is 23.9 Å². The number of anilines is 2. The molecule has 0 aliphatic rings. The van der Waals surface area contributed by atoms with Crippen LogP contribution in [0.5, 0.6) is 0 Å². The number of nitrogens with zero attached hydrogens (tertiary/aromatic N) is 1. The van der Waals surface area contributed by atoms with Crippen LogP contribution in [-0.2, 0) is 14.8 Å². The summed E-state index contributed by atoms with van der Waals surface area (Å²) in [6, 6.07) is 15.0. The van der Waals surface area contributed by atoms with E-state index < -0.39 is 10.0 Å². The molecule has 3 rings (SSSR count). The number of hydrogen-bond donors (Lipinski definition) is 2. The molecule has 3 aromatic rings. The molecular weight excluding hydrogens is 326 g/mol. The van der Waals surface area contributed by atoms with Gasteiger partial charge in [-0.25, -0.2) is 13.4 Å². The van der Waals surface area contributed by atoms with E-state index in [1.807, 2.05) is 6.07 Å². The number of carbonyl (C=O) groups is 1. The lowest BCUT2D eigenvalue weighted by atomic mass is 10.1. The molecule has 0 fully saturated rings. The van der Waals surface area contributed by atoms with Crippen LogP contribution in [0.25, 0.3) is 10.8 Å². The first-order chi connectivity index (χ1) is 11.5. The molecule has 0 aliphatic heterocycles. The number of pyridine rings is 1. The molecule has 1 amide bonds. The molecule has 0 radical (unpaired) electrons. The Hall–Kier alpha value is -2.93. The van der Waals surface area contributed by atoms with Crippen LogP contribution in [0.2, 0.25) is 0 Å². The zero-order valence-corrected chi connectivity index (χ0v) is 13.7. The largest absolute Gasteiger partial charge is 0.311 e. The van der Waals surface area contributed by atoms with Crippen LogP contribution in [0.4, 0.5) is 11.5 Å². The van der Waals surface area contributed by atoms with Crippen molar-refractivity contribution >= 4 is 38.2 Å². The van der Waals surface area contributed by atoms with E-state index in [0.717, 1.165) is 5.39 Å². The summed E-state index contributed by atoms with van der Waals surface area (Å²) in [5.41, 5.74) is 0.422. The molecule has 0 unspecified atom stereocenters. The van der Waals surface area contributed by atoms with Gasteiger partial charge in [0.15, 0.2) is 0 Å². The van der Waals surface area contributed by atoms with Crippen LogP contribution < -0.4 is 10.0 Å². The van der Waals surface area contributed by atoms with Gasteiger partial charge < -0.3 is 5.32 Å². The molecular formula is C17H15N3O3S. The molecule has 0 atom stereocenters. The summed E-state index contributed by atoms with van der Waals surface area (Å²) in [4.78, 5) is 15.5. The van der Waals surface area contributed by atoms with Crippen molar-refractivity contribution in [3.8, 4) is 0 Å². The monoisotopic (exact) mass is 341 g/mol. The van der Waals surface area contributed by atoms with E-state index in [4.69, 9.17) is 0 Å². The Bertz CT molecular complexity index is 1000. The summed E-state index contributed by atoms with van der Waals surface area (Å²) in [5, 5.41) is 4.00. The van der Waals surface area contributed by atoms with E-state index in [9.17, 15) is 13.2 Å². The third-order valence-electron chi connectivity index (χ3n) is 3.37. The number of aromatic nitrogens is 1. The van der Waals surface area contributed by atoms with E-state index in [2.05, 4.69) is 15.0 Å². The van der Waals surface area contributed by atoms with Crippen LogP contribution >= 0.6 is 0 Å². The quantitative estimate of drug-likeness (QED) is 0.763. The molecule has 6 nitrogen and oxygen atoms in total. The molecule has 1 aromatic heterocycles. The van der Waals surface area contributed by atoms with E-state index in [0.29, 0.717) is 16.9 Å². The molecule has 0 saturated carbocycles. The lowest BCUT2D eigenvalue weighted by Crippen LogP contribution is -2.13. The highest BCUT2D eigenvalue weighted by Crippen LogP contribution is 2.27. The van der Waals surface area contributed by atoms with Crippen LogP contribution in [-0.4, -0.2) is 19.3 Å². The van der Waals surface area contributed by atoms with E-state index >= 15 is 0 Å². The molecule has 2 N–H and O–H groups in total. The normalized spacial score (nSPS) is 11.2. The lowest BCUT2D eigenvalue weighted by molar-refractivity contribution is -0.114. The Morgan fingerprint density at radius 2 is 1.79 bits per heavy atom. The molecule has 0 saturated heterocycles. The van der Waals surface area contributed by atoms with Crippen molar-refractivity contribution in [2.75, 3.05) is 10.0 Å². The summed E-state index contributed by atoms with van der Waals surface area (Å²) in [6.07, 6.45) is 1.58. The topological polar surface area (TPSA) is 88.2 Å². The first-order valence-electron chi connectivity index (χ1n) is 7.20. The van der Waals surface area contributed by atoms with Gasteiger partial charge >= 0.3 is 0 Å². The molecule has 0 bridgehead atoms. The molecule has 24 heavy (non-hydrogen) atoms. The number of fused-ring (bicyclic) bond motifs is 1. The highest BCUT2D eigenvalue weighted by molar-refractivity contribution is 7.92. The number of hydrogen-bond acceptors (Lipinski definition) is 4. The minimum Gasteiger partial charge on any atom is -0.311 e. The van der Waals surface area contributed by atoms with E-state index in [-0.39, 0.29) is 10.8 Å². The summed E-state index contributed by atoms with van der Waals surface area (Å²) in [5.74, 6) is 0.116. The number of sulfonamides is 1. The van der Waals surface area contributed by atoms with E-state index in [1.54, 1.807) is 42.6 Å². The number of amides is 1. The number of carbonyl (C=O) groups excluding carboxylic acids is 1. The second-order valence-electron chi connectivity index (χ2n) is 5.20. The van der Waals surface area contributed by atoms with Crippen LogP contribution in [0.3, 0.4) is 0 Å². The predicted molar refractivity (Wildman–Crippen MR) is 93.3 cm³/mol. The average Bonchev–Trinajstić information content (AvgIpc) is 2.55. The zero-order valence-electron chi connectivity index (χ0n) is 12.9. The lowest BCUT2D eigenvalue weighted by Gasteiger charge is -2.11. The first kappa shape index (κ1) is 15.9. The van der Waals surface area contributed by atoms with Crippen molar-refractivity contribution < 1.29 is 13.2 Å². The Balaban J connectivity index is 2.04. The zero-order chi connectivity index (χ0) is 17.2. The maximum atomic E-state index is 12.5. The Labute approximate surface area is 139 Å². The number of nitrogens with one attached hydrogen (secondary N) is 2. The molecule has 2 aromatic carbocycles. The van der Waals surface area contributed by atoms with Crippen LogP contribution in [0.1, 0.15) is 6.92 Å². The summed E-state index contributed by atoms with van der Waals surface area (Å²) in [7, 11) is -3.70. The molecule has 7 heteroatoms. The van der Waals surface area contributed by atoms with Crippen LogP contribution in [0, 0.1) is 0 Å². The fourth-order valence-corrected chi connectivity index (χ4v) is 3.41. The van der Waals surface area contributed by atoms with Crippen molar-refractivity contribution in [3.63, 3.8) is 0 Å². The molecule has 122 valence electrons. The summed E-state index contributed by atoms with van der Waals surface area (Å²) >= 11 is 0. The fourth-order valence-electron chi connectivity index (χ4n) is 2.31. The van der Waals surface area contributed by atoms with Gasteiger partial charge in [-0.05, 0) is 24.3 Å². The van der Waals surface area contributed by atoms with Crippen molar-refractivity contribution in [1.82, 2.24) is 4.98 Å². The van der Waals surface area contributed by atoms with Gasteiger partial charge in [0.1, 0.15) is 5.82 Å². The predicted octanol–water partition coefficient (Wildman–Crippen LogP) is 2.99. The van der Waals surface area contributed by atoms with Gasteiger partial charge in [-0.3, -0.25) is 9.52 Å². The SMILES string of the molecule is CC(=O)Nc1cc2c(NS(=O)(=O)c3ccccc3)cccc2cn1. The van der Waals surface area contributed by atoms with Crippen molar-refractivity contribution in [2.24, 2.45) is 0 Å². The van der Waals surface area contributed by atoms with Gasteiger partial charge in [0.2, 0.25) is 5.91 Å². The van der Waals surface area contributed by atoms with Gasteiger partial charge in [0.05, 0.1) is 10.6 Å². The Morgan fingerprint density at radius 1 is 1.04 bits per heavy atom. The second kappa shape index (κ2) is 6.29. The van der Waals surface area contributed by atoms with Gasteiger partial charge in [-0.1, -0.05) is 30.3 Å². The Morgan fingerprint density at radius 3 is 2.50 bits per heavy atom. The highest BCUT2D eigenvalue weighted by atomic mass is 32.2. The maximum Gasteiger partial charge on any atom is 0.261 e. The van der Waals surface area contributed by atoms with Crippen molar-refractivity contribution in [2.45, 2.75) is 11.8 Å². The van der Waals surface area contributed by atoms with Crippen molar-refractivity contribution in [3.05, 3.63) is 60.8 Å². The van der Waals surface area contributed by atoms with E-state index in [1.165, 1.54) is 19.1 Å². The smallest absolute Gasteiger partial charge is 0.261 e. The molecule has 0 spiro atoms. The minimum atomic E-state index is -3.70. The summed E-state index contributed by atoms with van der Waals surface area (Å²) < 4.78 is 27.6. The average molecular weight is 341 g/mol. The number of benzene rings is 2.